The van der Waals surface area contributed by atoms with Gasteiger partial charge in [0, 0.05) is 22.3 Å². The van der Waals surface area contributed by atoms with Gasteiger partial charge in [0.25, 0.3) is 0 Å². The van der Waals surface area contributed by atoms with E-state index in [4.69, 9.17) is 0 Å². The van der Waals surface area contributed by atoms with Crippen molar-refractivity contribution in [2.24, 2.45) is 0 Å². The molecule has 1 aliphatic rings. The third-order valence-corrected chi connectivity index (χ3v) is 7.69. The first-order chi connectivity index (χ1) is 10.2. The molecular weight excluding hydrogens is 322 g/mol. The molecule has 1 fully saturated rings. The Bertz CT molecular complexity index is 642. The third-order valence-electron chi connectivity index (χ3n) is 3.32. The lowest BCUT2D eigenvalue weighted by molar-refractivity contribution is 0.0702. The van der Waals surface area contributed by atoms with Gasteiger partial charge in [0.1, 0.15) is 9.88 Å². The average Bonchev–Trinajstić information content (AvgIpc) is 2.94. The number of rotatable bonds is 3. The molecule has 1 aromatic carbocycles. The Morgan fingerprint density at radius 2 is 1.95 bits per heavy atom. The average molecular weight is 337 g/mol. The zero-order valence-electron chi connectivity index (χ0n) is 11.5. The van der Waals surface area contributed by atoms with Crippen molar-refractivity contribution >= 4 is 40.8 Å². The maximum Gasteiger partial charge on any atom is 0.348 e. The van der Waals surface area contributed by atoms with Crippen molar-refractivity contribution in [1.29, 1.82) is 0 Å². The van der Waals surface area contributed by atoms with Gasteiger partial charge in [-0.15, -0.1) is 23.1 Å². The minimum absolute atomic E-state index is 0.296. The lowest BCUT2D eigenvalue weighted by Crippen LogP contribution is -2.15. The zero-order valence-corrected chi connectivity index (χ0v) is 13.9. The Hall–Kier alpha value is -0.980. The topological polar surface area (TPSA) is 50.2 Å². The molecule has 110 valence electrons. The number of aromatic nitrogens is 1. The maximum absolute atomic E-state index is 11.5. The highest BCUT2D eigenvalue weighted by Crippen LogP contribution is 2.45. The summed E-state index contributed by atoms with van der Waals surface area (Å²) >= 11 is 5.15. The molecule has 1 saturated heterocycles. The van der Waals surface area contributed by atoms with Crippen molar-refractivity contribution < 1.29 is 9.90 Å². The molecule has 2 atom stereocenters. The molecule has 0 spiro atoms. The lowest BCUT2D eigenvalue weighted by atomic mass is 10.1. The summed E-state index contributed by atoms with van der Waals surface area (Å²) < 4.78 is 0. The summed E-state index contributed by atoms with van der Waals surface area (Å²) in [5.74, 6) is 1.37. The van der Waals surface area contributed by atoms with Gasteiger partial charge in [0.15, 0.2) is 0 Å². The molecule has 6 heteroatoms. The van der Waals surface area contributed by atoms with Crippen LogP contribution in [0, 0.1) is 0 Å². The number of thiazole rings is 1. The lowest BCUT2D eigenvalue weighted by Gasteiger charge is -2.25. The highest BCUT2D eigenvalue weighted by molar-refractivity contribution is 8.06. The molecule has 1 aromatic heterocycles. The van der Waals surface area contributed by atoms with Crippen LogP contribution in [0.25, 0.3) is 11.3 Å². The van der Waals surface area contributed by atoms with Gasteiger partial charge in [-0.25, -0.2) is 9.78 Å². The summed E-state index contributed by atoms with van der Waals surface area (Å²) in [6.45, 7) is 2.20. The van der Waals surface area contributed by atoms with Crippen LogP contribution in [-0.2, 0) is 0 Å². The molecule has 0 radical (unpaired) electrons. The quantitative estimate of drug-likeness (QED) is 0.898. The molecule has 3 rings (SSSR count). The van der Waals surface area contributed by atoms with Gasteiger partial charge in [-0.3, -0.25) is 0 Å². The van der Waals surface area contributed by atoms with Crippen LogP contribution in [0.1, 0.15) is 26.9 Å². The first-order valence-electron chi connectivity index (χ1n) is 6.69. The number of carboxylic acids is 1. The summed E-state index contributed by atoms with van der Waals surface area (Å²) in [7, 11) is 0. The standard InChI is InChI=1S/C15H15NO2S3/c1-9-12(20-8-7-19-9)14-16-11(13(21-14)15(17)18)10-5-3-2-4-6-10/h2-6,9,12H,7-8H2,1H3,(H,17,18). The number of benzene rings is 1. The fraction of sp³-hybridized carbons (Fsp3) is 0.333. The second kappa shape index (κ2) is 6.42. The molecule has 1 N–H and O–H groups in total. The minimum Gasteiger partial charge on any atom is -0.477 e. The van der Waals surface area contributed by atoms with E-state index in [-0.39, 0.29) is 0 Å². The minimum atomic E-state index is -0.890. The van der Waals surface area contributed by atoms with Crippen LogP contribution in [-0.4, -0.2) is 32.8 Å². The number of aromatic carboxylic acids is 1. The van der Waals surface area contributed by atoms with Crippen LogP contribution in [0.2, 0.25) is 0 Å². The summed E-state index contributed by atoms with van der Waals surface area (Å²) in [5.41, 5.74) is 1.48. The molecule has 2 aromatic rings. The predicted molar refractivity (Wildman–Crippen MR) is 91.6 cm³/mol. The molecule has 3 nitrogen and oxygen atoms in total. The normalized spacial score (nSPS) is 22.1. The second-order valence-electron chi connectivity index (χ2n) is 4.77. The van der Waals surface area contributed by atoms with E-state index in [1.807, 2.05) is 53.9 Å². The summed E-state index contributed by atoms with van der Waals surface area (Å²) in [5, 5.41) is 11.2. The van der Waals surface area contributed by atoms with Crippen molar-refractivity contribution in [1.82, 2.24) is 4.98 Å². The number of hydrogen-bond acceptors (Lipinski definition) is 5. The Balaban J connectivity index is 2.02. The van der Waals surface area contributed by atoms with E-state index in [0.717, 1.165) is 22.1 Å². The number of carbonyl (C=O) groups is 1. The summed E-state index contributed by atoms with van der Waals surface area (Å²) in [4.78, 5) is 16.6. The van der Waals surface area contributed by atoms with Crippen molar-refractivity contribution in [2.75, 3.05) is 11.5 Å². The predicted octanol–water partition coefficient (Wildman–Crippen LogP) is 4.42. The van der Waals surface area contributed by atoms with Crippen LogP contribution < -0.4 is 0 Å². The highest BCUT2D eigenvalue weighted by atomic mass is 32.2. The van der Waals surface area contributed by atoms with Gasteiger partial charge < -0.3 is 5.11 Å². The smallest absolute Gasteiger partial charge is 0.348 e. The fourth-order valence-corrected chi connectivity index (χ4v) is 6.38. The molecule has 1 aliphatic heterocycles. The highest BCUT2D eigenvalue weighted by Gasteiger charge is 2.29. The Morgan fingerprint density at radius 1 is 1.24 bits per heavy atom. The summed E-state index contributed by atoms with van der Waals surface area (Å²) in [6, 6.07) is 9.57. The van der Waals surface area contributed by atoms with Crippen LogP contribution in [0.4, 0.5) is 0 Å². The van der Waals surface area contributed by atoms with E-state index in [2.05, 4.69) is 11.9 Å². The largest absolute Gasteiger partial charge is 0.477 e. The van der Waals surface area contributed by atoms with Crippen LogP contribution in [0.3, 0.4) is 0 Å². The molecule has 0 aliphatic carbocycles. The van der Waals surface area contributed by atoms with Gasteiger partial charge in [0.2, 0.25) is 0 Å². The van der Waals surface area contributed by atoms with Gasteiger partial charge in [0.05, 0.1) is 10.9 Å². The van der Waals surface area contributed by atoms with Crippen molar-refractivity contribution in [2.45, 2.75) is 17.4 Å². The summed E-state index contributed by atoms with van der Waals surface area (Å²) in [6.07, 6.45) is 0. The van der Waals surface area contributed by atoms with E-state index < -0.39 is 5.97 Å². The maximum atomic E-state index is 11.5. The molecule has 0 saturated carbocycles. The van der Waals surface area contributed by atoms with E-state index in [0.29, 0.717) is 21.1 Å². The van der Waals surface area contributed by atoms with E-state index in [1.54, 1.807) is 0 Å². The Labute approximate surface area is 136 Å². The van der Waals surface area contributed by atoms with Gasteiger partial charge in [-0.05, 0) is 0 Å². The van der Waals surface area contributed by atoms with Crippen LogP contribution in [0.5, 0.6) is 0 Å². The Kier molecular flexibility index (Phi) is 4.57. The van der Waals surface area contributed by atoms with Crippen molar-refractivity contribution in [3.05, 3.63) is 40.2 Å². The Morgan fingerprint density at radius 3 is 2.62 bits per heavy atom. The number of hydrogen-bond donors (Lipinski definition) is 1. The van der Waals surface area contributed by atoms with Crippen molar-refractivity contribution in [3.8, 4) is 11.3 Å². The third kappa shape index (κ3) is 3.12. The van der Waals surface area contributed by atoms with Gasteiger partial charge in [-0.2, -0.15) is 11.8 Å². The first-order valence-corrected chi connectivity index (χ1v) is 9.61. The molecule has 2 heterocycles. The number of carboxylic acid groups (broad SMARTS) is 1. The second-order valence-corrected chi connectivity index (χ2v) is 8.53. The monoisotopic (exact) mass is 337 g/mol. The zero-order chi connectivity index (χ0) is 14.8. The van der Waals surface area contributed by atoms with Crippen LogP contribution in [0.15, 0.2) is 30.3 Å². The molecular formula is C15H15NO2S3. The first kappa shape index (κ1) is 14.9. The van der Waals surface area contributed by atoms with E-state index in [1.165, 1.54) is 11.3 Å². The molecule has 0 bridgehead atoms. The van der Waals surface area contributed by atoms with Crippen molar-refractivity contribution in [3.63, 3.8) is 0 Å². The molecule has 0 amide bonds. The number of nitrogens with zero attached hydrogens (tertiary/aromatic N) is 1. The number of thioether (sulfide) groups is 2. The van der Waals surface area contributed by atoms with Gasteiger partial charge >= 0.3 is 5.97 Å². The van der Waals surface area contributed by atoms with Crippen LogP contribution >= 0.6 is 34.9 Å². The van der Waals surface area contributed by atoms with E-state index in [9.17, 15) is 9.90 Å². The molecule has 21 heavy (non-hydrogen) atoms. The van der Waals surface area contributed by atoms with E-state index >= 15 is 0 Å². The fourth-order valence-electron chi connectivity index (χ4n) is 2.30. The SMILES string of the molecule is CC1SCCSC1c1nc(-c2ccccc2)c(C(=O)O)s1. The molecule has 2 unspecified atom stereocenters. The van der Waals surface area contributed by atoms with Gasteiger partial charge in [-0.1, -0.05) is 37.3 Å².